The van der Waals surface area contributed by atoms with Crippen molar-refractivity contribution in [2.75, 3.05) is 27.3 Å². The van der Waals surface area contributed by atoms with Crippen LogP contribution in [0.25, 0.3) is 44.5 Å². The Balaban J connectivity index is 1.25. The van der Waals surface area contributed by atoms with Crippen LogP contribution in [0.3, 0.4) is 0 Å². The maximum absolute atomic E-state index is 11.5. The maximum Gasteiger partial charge on any atom is 0.220 e. The Bertz CT molecular complexity index is 1940. The first-order valence-corrected chi connectivity index (χ1v) is 16.8. The molecule has 2 aromatic carbocycles. The van der Waals surface area contributed by atoms with Gasteiger partial charge in [-0.1, -0.05) is 59.6 Å². The molecular weight excluding hydrogens is 647 g/mol. The van der Waals surface area contributed by atoms with Crippen LogP contribution in [0.4, 0.5) is 0 Å². The van der Waals surface area contributed by atoms with Crippen LogP contribution in [0.15, 0.2) is 67.0 Å². The monoisotopic (exact) mass is 686 g/mol. The summed E-state index contributed by atoms with van der Waals surface area (Å²) in [6, 6.07) is 18.1. The molecule has 0 radical (unpaired) electrons. The molecule has 3 N–H and O–H groups in total. The minimum absolute atomic E-state index is 0.105. The number of hydrogen-bond acceptors (Lipinski definition) is 7. The number of methoxy groups -OCH3 is 2. The number of ether oxygens (including phenoxy) is 2. The fourth-order valence-corrected chi connectivity index (χ4v) is 6.83. The molecule has 250 valence electrons. The molecule has 0 saturated carbocycles. The zero-order valence-corrected chi connectivity index (χ0v) is 29.1. The van der Waals surface area contributed by atoms with E-state index in [1.807, 2.05) is 50.4 Å². The van der Waals surface area contributed by atoms with Crippen LogP contribution in [-0.4, -0.2) is 59.9 Å². The van der Waals surface area contributed by atoms with Crippen LogP contribution >= 0.6 is 23.2 Å². The molecule has 9 nitrogen and oxygen atoms in total. The summed E-state index contributed by atoms with van der Waals surface area (Å²) in [5.74, 6) is 0.620. The Labute approximate surface area is 291 Å². The van der Waals surface area contributed by atoms with Gasteiger partial charge in [-0.25, -0.2) is 4.98 Å². The Hall–Kier alpha value is -3.99. The summed E-state index contributed by atoms with van der Waals surface area (Å²) in [5.41, 5.74) is 7.84. The molecule has 48 heavy (non-hydrogen) atoms. The Morgan fingerprint density at radius 1 is 1.00 bits per heavy atom. The van der Waals surface area contributed by atoms with Gasteiger partial charge in [-0.05, 0) is 37.1 Å². The van der Waals surface area contributed by atoms with Crippen molar-refractivity contribution in [3.63, 3.8) is 0 Å². The van der Waals surface area contributed by atoms with Gasteiger partial charge in [0.25, 0.3) is 0 Å². The van der Waals surface area contributed by atoms with Crippen molar-refractivity contribution in [1.82, 2.24) is 30.5 Å². The van der Waals surface area contributed by atoms with Gasteiger partial charge in [0.2, 0.25) is 11.8 Å². The van der Waals surface area contributed by atoms with E-state index in [1.54, 1.807) is 20.4 Å². The number of carbonyl (C=O) groups excluding carboxylic acids is 1. The van der Waals surface area contributed by atoms with E-state index in [0.717, 1.165) is 52.8 Å². The van der Waals surface area contributed by atoms with E-state index in [0.29, 0.717) is 46.8 Å². The molecule has 1 fully saturated rings. The number of aryl methyl sites for hydroxylation is 1. The Morgan fingerprint density at radius 2 is 1.79 bits per heavy atom. The van der Waals surface area contributed by atoms with Gasteiger partial charge in [-0.15, -0.1) is 0 Å². The molecule has 0 bridgehead atoms. The number of rotatable bonds is 13. The molecule has 11 heteroatoms. The predicted octanol–water partition coefficient (Wildman–Crippen LogP) is 6.78. The second-order valence-corrected chi connectivity index (χ2v) is 12.9. The van der Waals surface area contributed by atoms with Crippen molar-refractivity contribution in [2.24, 2.45) is 7.05 Å². The third kappa shape index (κ3) is 7.21. The van der Waals surface area contributed by atoms with Gasteiger partial charge in [0.1, 0.15) is 0 Å². The van der Waals surface area contributed by atoms with E-state index in [1.165, 1.54) is 10.9 Å². The Morgan fingerprint density at radius 3 is 2.56 bits per heavy atom. The highest BCUT2D eigenvalue weighted by molar-refractivity contribution is 6.39. The molecular formula is C37H40Cl2N6O3. The maximum atomic E-state index is 11.5. The number of amides is 1. The summed E-state index contributed by atoms with van der Waals surface area (Å²) in [6.45, 7) is 4.81. The third-order valence-corrected chi connectivity index (χ3v) is 9.66. The number of halogens is 2. The van der Waals surface area contributed by atoms with Crippen LogP contribution in [-0.2, 0) is 29.7 Å². The summed E-state index contributed by atoms with van der Waals surface area (Å²) in [7, 11) is 5.38. The minimum Gasteiger partial charge on any atom is -0.481 e. The van der Waals surface area contributed by atoms with Gasteiger partial charge in [-0.2, -0.15) is 0 Å². The minimum atomic E-state index is 0.105. The highest BCUT2D eigenvalue weighted by Crippen LogP contribution is 2.42. The van der Waals surface area contributed by atoms with Crippen molar-refractivity contribution in [2.45, 2.75) is 45.0 Å². The Kier molecular flexibility index (Phi) is 10.6. The van der Waals surface area contributed by atoms with Crippen LogP contribution in [0.2, 0.25) is 10.0 Å². The molecule has 1 aliphatic rings. The fraction of sp³-hybridized carbons (Fsp3) is 0.324. The molecule has 1 saturated heterocycles. The SMILES string of the molecule is COc1nc(-c2cccc(-c3ccnc(-c4ccc5c(CNCC(C)OC)cn(C)c5c4)c3Cl)c2Cl)ccc1CNC[C@@H]1CCC(=O)N1. The molecule has 1 unspecified atom stereocenters. The predicted molar refractivity (Wildman–Crippen MR) is 192 cm³/mol. The second-order valence-electron chi connectivity index (χ2n) is 12.2. The van der Waals surface area contributed by atoms with E-state index < -0.39 is 0 Å². The smallest absolute Gasteiger partial charge is 0.220 e. The van der Waals surface area contributed by atoms with Gasteiger partial charge < -0.3 is 30.0 Å². The number of hydrogen-bond donors (Lipinski definition) is 3. The van der Waals surface area contributed by atoms with Crippen LogP contribution in [0.5, 0.6) is 5.88 Å². The average Bonchev–Trinajstić information content (AvgIpc) is 3.66. The molecule has 4 heterocycles. The van der Waals surface area contributed by atoms with Crippen molar-refractivity contribution in [1.29, 1.82) is 0 Å². The summed E-state index contributed by atoms with van der Waals surface area (Å²) in [4.78, 5) is 21.0. The summed E-state index contributed by atoms with van der Waals surface area (Å²) >= 11 is 14.2. The number of carbonyl (C=O) groups is 1. The third-order valence-electron chi connectivity index (χ3n) is 8.87. The van der Waals surface area contributed by atoms with Gasteiger partial charge in [-0.3, -0.25) is 9.78 Å². The molecule has 1 amide bonds. The summed E-state index contributed by atoms with van der Waals surface area (Å²) in [6.07, 6.45) is 5.48. The fourth-order valence-electron chi connectivity index (χ4n) is 6.18. The molecule has 6 rings (SSSR count). The zero-order chi connectivity index (χ0) is 33.8. The molecule has 1 aliphatic heterocycles. The molecule has 3 aromatic heterocycles. The number of fused-ring (bicyclic) bond motifs is 1. The lowest BCUT2D eigenvalue weighted by Gasteiger charge is -2.15. The average molecular weight is 688 g/mol. The lowest BCUT2D eigenvalue weighted by Crippen LogP contribution is -2.35. The van der Waals surface area contributed by atoms with E-state index in [9.17, 15) is 4.79 Å². The largest absolute Gasteiger partial charge is 0.481 e. The van der Waals surface area contributed by atoms with Gasteiger partial charge in [0, 0.05) is 104 Å². The number of aromatic nitrogens is 3. The lowest BCUT2D eigenvalue weighted by molar-refractivity contribution is -0.119. The molecule has 0 spiro atoms. The summed E-state index contributed by atoms with van der Waals surface area (Å²) < 4.78 is 13.1. The second kappa shape index (κ2) is 15.1. The van der Waals surface area contributed by atoms with Crippen molar-refractivity contribution >= 4 is 40.0 Å². The van der Waals surface area contributed by atoms with Crippen molar-refractivity contribution in [3.05, 3.63) is 88.2 Å². The van der Waals surface area contributed by atoms with E-state index >= 15 is 0 Å². The molecule has 5 aromatic rings. The molecule has 0 aliphatic carbocycles. The highest BCUT2D eigenvalue weighted by Gasteiger charge is 2.21. The summed E-state index contributed by atoms with van der Waals surface area (Å²) in [5, 5.41) is 12.1. The standard InChI is InChI=1S/C37H40Cl2N6O3/c1-22(47-3)17-40-19-25-21-45(2)32-16-23(8-11-27(25)32)36-35(39)29(14-15-42-36)28-6-5-7-30(34(28)38)31-12-9-24(37(44-31)48-4)18-41-20-26-10-13-33(46)43-26/h5-9,11-12,14-16,21-22,26,40-41H,10,13,17-20H2,1-4H3,(H,43,46)/t22?,26-/m0/s1. The van der Waals surface area contributed by atoms with E-state index in [4.69, 9.17) is 37.7 Å². The highest BCUT2D eigenvalue weighted by atomic mass is 35.5. The quantitative estimate of drug-likeness (QED) is 0.126. The van der Waals surface area contributed by atoms with Gasteiger partial charge in [0.15, 0.2) is 0 Å². The van der Waals surface area contributed by atoms with Crippen LogP contribution in [0.1, 0.15) is 30.9 Å². The zero-order valence-electron chi connectivity index (χ0n) is 27.6. The number of benzene rings is 2. The van der Waals surface area contributed by atoms with Gasteiger partial charge >= 0.3 is 0 Å². The lowest BCUT2D eigenvalue weighted by atomic mass is 9.99. The first-order chi connectivity index (χ1) is 23.3. The molecule has 2 atom stereocenters. The first-order valence-electron chi connectivity index (χ1n) is 16.1. The normalized spacial score (nSPS) is 15.2. The van der Waals surface area contributed by atoms with E-state index in [2.05, 4.69) is 49.9 Å². The van der Waals surface area contributed by atoms with Crippen molar-refractivity contribution < 1.29 is 14.3 Å². The van der Waals surface area contributed by atoms with Gasteiger partial charge in [0.05, 0.1) is 34.6 Å². The van der Waals surface area contributed by atoms with Crippen molar-refractivity contribution in [3.8, 4) is 39.5 Å². The number of pyridine rings is 2. The topological polar surface area (TPSA) is 102 Å². The van der Waals surface area contributed by atoms with Crippen LogP contribution < -0.4 is 20.7 Å². The van der Waals surface area contributed by atoms with Crippen LogP contribution in [0, 0.1) is 0 Å². The number of nitrogens with one attached hydrogen (secondary N) is 3. The number of nitrogens with zero attached hydrogens (tertiary/aromatic N) is 3. The van der Waals surface area contributed by atoms with E-state index in [-0.39, 0.29) is 18.1 Å². The first kappa shape index (κ1) is 33.9.